The maximum Gasteiger partial charge on any atom is 0.0385 e. The van der Waals surface area contributed by atoms with Crippen LogP contribution in [0.1, 0.15) is 30.5 Å². The SMILES string of the molecule is CCC(CN)C(c1cc(Br)ccc1C)N(C)C. The summed E-state index contributed by atoms with van der Waals surface area (Å²) in [5.41, 5.74) is 8.62. The number of halogens is 1. The highest BCUT2D eigenvalue weighted by atomic mass is 79.9. The van der Waals surface area contributed by atoms with Crippen LogP contribution < -0.4 is 5.73 Å². The van der Waals surface area contributed by atoms with E-state index in [2.05, 4.69) is 67.0 Å². The molecule has 0 bridgehead atoms. The first-order chi connectivity index (χ1) is 8.01. The Balaban J connectivity index is 3.17. The van der Waals surface area contributed by atoms with Gasteiger partial charge >= 0.3 is 0 Å². The lowest BCUT2D eigenvalue weighted by Crippen LogP contribution is -2.32. The average Bonchev–Trinajstić information content (AvgIpc) is 2.29. The van der Waals surface area contributed by atoms with E-state index in [-0.39, 0.29) is 0 Å². The van der Waals surface area contributed by atoms with Crippen molar-refractivity contribution in [2.45, 2.75) is 26.3 Å². The van der Waals surface area contributed by atoms with Crippen LogP contribution in [-0.4, -0.2) is 25.5 Å². The number of rotatable bonds is 5. The second-order valence-corrected chi connectivity index (χ2v) is 5.73. The second kappa shape index (κ2) is 6.53. The van der Waals surface area contributed by atoms with Gasteiger partial charge in [0.15, 0.2) is 0 Å². The minimum absolute atomic E-state index is 0.391. The molecule has 0 fully saturated rings. The van der Waals surface area contributed by atoms with Crippen molar-refractivity contribution in [1.82, 2.24) is 4.90 Å². The van der Waals surface area contributed by atoms with Crippen molar-refractivity contribution in [2.75, 3.05) is 20.6 Å². The largest absolute Gasteiger partial charge is 0.330 e. The first-order valence-corrected chi connectivity index (χ1v) is 6.93. The molecule has 3 heteroatoms. The Labute approximate surface area is 113 Å². The molecule has 0 aliphatic rings. The lowest BCUT2D eigenvalue weighted by molar-refractivity contribution is 0.210. The van der Waals surface area contributed by atoms with Crippen LogP contribution in [0.3, 0.4) is 0 Å². The molecule has 0 saturated heterocycles. The first kappa shape index (κ1) is 14.7. The van der Waals surface area contributed by atoms with E-state index in [1.54, 1.807) is 0 Å². The van der Waals surface area contributed by atoms with Crippen molar-refractivity contribution in [3.63, 3.8) is 0 Å². The molecule has 0 aromatic heterocycles. The molecule has 2 atom stereocenters. The van der Waals surface area contributed by atoms with Crippen LogP contribution in [-0.2, 0) is 0 Å². The molecule has 0 amide bonds. The van der Waals surface area contributed by atoms with Gasteiger partial charge in [0.1, 0.15) is 0 Å². The quantitative estimate of drug-likeness (QED) is 0.903. The van der Waals surface area contributed by atoms with Gasteiger partial charge in [-0.3, -0.25) is 0 Å². The lowest BCUT2D eigenvalue weighted by Gasteiger charge is -2.32. The summed E-state index contributed by atoms with van der Waals surface area (Å²) < 4.78 is 1.14. The summed E-state index contributed by atoms with van der Waals surface area (Å²) in [7, 11) is 4.26. The predicted molar refractivity (Wildman–Crippen MR) is 78.1 cm³/mol. The van der Waals surface area contributed by atoms with Gasteiger partial charge in [-0.1, -0.05) is 35.3 Å². The van der Waals surface area contributed by atoms with E-state index in [9.17, 15) is 0 Å². The van der Waals surface area contributed by atoms with Crippen molar-refractivity contribution < 1.29 is 0 Å². The number of nitrogens with two attached hydrogens (primary N) is 1. The molecule has 0 aliphatic heterocycles. The third-order valence-corrected chi connectivity index (χ3v) is 3.88. The van der Waals surface area contributed by atoms with E-state index in [0.717, 1.165) is 17.4 Å². The summed E-state index contributed by atoms with van der Waals surface area (Å²) in [5.74, 6) is 0.498. The average molecular weight is 299 g/mol. The van der Waals surface area contributed by atoms with Crippen molar-refractivity contribution in [2.24, 2.45) is 11.7 Å². The molecule has 0 saturated carbocycles. The van der Waals surface area contributed by atoms with Gasteiger partial charge in [-0.05, 0) is 56.7 Å². The summed E-state index contributed by atoms with van der Waals surface area (Å²) in [6, 6.07) is 6.87. The molecule has 0 radical (unpaired) electrons. The van der Waals surface area contributed by atoms with E-state index < -0.39 is 0 Å². The normalized spacial score (nSPS) is 15.0. The zero-order chi connectivity index (χ0) is 13.0. The second-order valence-electron chi connectivity index (χ2n) is 4.81. The van der Waals surface area contributed by atoms with E-state index in [4.69, 9.17) is 5.73 Å². The monoisotopic (exact) mass is 298 g/mol. The fraction of sp³-hybridized carbons (Fsp3) is 0.571. The summed E-state index contributed by atoms with van der Waals surface area (Å²) in [6.45, 7) is 5.11. The third kappa shape index (κ3) is 3.54. The molecule has 0 aliphatic carbocycles. The van der Waals surface area contributed by atoms with E-state index in [0.29, 0.717) is 12.0 Å². The first-order valence-electron chi connectivity index (χ1n) is 6.13. The highest BCUT2D eigenvalue weighted by Gasteiger charge is 2.24. The molecule has 1 aromatic carbocycles. The van der Waals surface area contributed by atoms with Crippen LogP contribution in [0.25, 0.3) is 0 Å². The Morgan fingerprint density at radius 3 is 2.47 bits per heavy atom. The van der Waals surface area contributed by atoms with Crippen LogP contribution >= 0.6 is 15.9 Å². The number of nitrogens with zero attached hydrogens (tertiary/aromatic N) is 1. The summed E-state index contributed by atoms with van der Waals surface area (Å²) >= 11 is 3.56. The molecule has 0 heterocycles. The summed E-state index contributed by atoms with van der Waals surface area (Å²) in [5, 5.41) is 0. The Hall–Kier alpha value is -0.380. The zero-order valence-corrected chi connectivity index (χ0v) is 12.8. The molecule has 96 valence electrons. The maximum atomic E-state index is 5.91. The Kier molecular flexibility index (Phi) is 5.63. The van der Waals surface area contributed by atoms with Gasteiger partial charge in [0.2, 0.25) is 0 Å². The standard InChI is InChI=1S/C14H23BrN2/c1-5-11(9-16)14(17(3)4)13-8-12(15)7-6-10(13)2/h6-8,11,14H,5,9,16H2,1-4H3. The van der Waals surface area contributed by atoms with E-state index in [1.165, 1.54) is 11.1 Å². The highest BCUT2D eigenvalue weighted by Crippen LogP contribution is 2.32. The third-order valence-electron chi connectivity index (χ3n) is 3.39. The predicted octanol–water partition coefficient (Wildman–Crippen LogP) is 3.35. The molecule has 2 nitrogen and oxygen atoms in total. The van der Waals surface area contributed by atoms with Crippen molar-refractivity contribution in [3.05, 3.63) is 33.8 Å². The number of benzene rings is 1. The maximum absolute atomic E-state index is 5.91. The van der Waals surface area contributed by atoms with Gasteiger partial charge in [0.25, 0.3) is 0 Å². The van der Waals surface area contributed by atoms with Crippen molar-refractivity contribution in [3.8, 4) is 0 Å². The van der Waals surface area contributed by atoms with Crippen LogP contribution in [0.5, 0.6) is 0 Å². The minimum atomic E-state index is 0.391. The zero-order valence-electron chi connectivity index (χ0n) is 11.2. The van der Waals surface area contributed by atoms with E-state index in [1.807, 2.05) is 0 Å². The van der Waals surface area contributed by atoms with Crippen molar-refractivity contribution >= 4 is 15.9 Å². The number of aryl methyl sites for hydroxylation is 1. The fourth-order valence-corrected chi connectivity index (χ4v) is 2.78. The Bertz CT molecular complexity index is 359. The van der Waals surface area contributed by atoms with Gasteiger partial charge in [-0.15, -0.1) is 0 Å². The topological polar surface area (TPSA) is 29.3 Å². The molecule has 2 N–H and O–H groups in total. The molecular formula is C14H23BrN2. The molecule has 17 heavy (non-hydrogen) atoms. The highest BCUT2D eigenvalue weighted by molar-refractivity contribution is 9.10. The van der Waals surface area contributed by atoms with Gasteiger partial charge < -0.3 is 10.6 Å². The molecule has 1 aromatic rings. The molecular weight excluding hydrogens is 276 g/mol. The number of hydrogen-bond acceptors (Lipinski definition) is 2. The Morgan fingerprint density at radius 1 is 1.35 bits per heavy atom. The number of hydrogen-bond donors (Lipinski definition) is 1. The van der Waals surface area contributed by atoms with E-state index >= 15 is 0 Å². The molecule has 1 rings (SSSR count). The van der Waals surface area contributed by atoms with Crippen LogP contribution in [0.2, 0.25) is 0 Å². The van der Waals surface area contributed by atoms with Gasteiger partial charge in [-0.2, -0.15) is 0 Å². The fourth-order valence-electron chi connectivity index (χ4n) is 2.40. The van der Waals surface area contributed by atoms with Crippen molar-refractivity contribution in [1.29, 1.82) is 0 Å². The molecule has 0 spiro atoms. The van der Waals surface area contributed by atoms with Crippen LogP contribution in [0.4, 0.5) is 0 Å². The lowest BCUT2D eigenvalue weighted by atomic mass is 9.88. The van der Waals surface area contributed by atoms with Crippen LogP contribution in [0, 0.1) is 12.8 Å². The molecule has 2 unspecified atom stereocenters. The van der Waals surface area contributed by atoms with Gasteiger partial charge in [0, 0.05) is 10.5 Å². The van der Waals surface area contributed by atoms with Crippen LogP contribution in [0.15, 0.2) is 22.7 Å². The smallest absolute Gasteiger partial charge is 0.0385 e. The van der Waals surface area contributed by atoms with Gasteiger partial charge in [-0.25, -0.2) is 0 Å². The summed E-state index contributed by atoms with van der Waals surface area (Å²) in [4.78, 5) is 2.27. The Morgan fingerprint density at radius 2 is 2.00 bits per heavy atom. The minimum Gasteiger partial charge on any atom is -0.330 e. The van der Waals surface area contributed by atoms with Gasteiger partial charge in [0.05, 0.1) is 0 Å². The summed E-state index contributed by atoms with van der Waals surface area (Å²) in [6.07, 6.45) is 1.10.